The van der Waals surface area contributed by atoms with E-state index >= 15 is 0 Å². The monoisotopic (exact) mass is 397 g/mol. The van der Waals surface area contributed by atoms with Crippen molar-refractivity contribution >= 4 is 29.1 Å². The number of hydrogen-bond acceptors (Lipinski definition) is 6. The van der Waals surface area contributed by atoms with E-state index in [0.717, 1.165) is 47.2 Å². The fourth-order valence-electron chi connectivity index (χ4n) is 2.55. The quantitative estimate of drug-likeness (QED) is 0.543. The molecule has 0 radical (unpaired) electrons. The molecule has 0 bridgehead atoms. The van der Waals surface area contributed by atoms with Crippen LogP contribution in [0, 0.1) is 0 Å². The summed E-state index contributed by atoms with van der Waals surface area (Å²) < 4.78 is 5.80. The van der Waals surface area contributed by atoms with E-state index < -0.39 is 0 Å². The lowest BCUT2D eigenvalue weighted by molar-refractivity contribution is 0.306. The van der Waals surface area contributed by atoms with Gasteiger partial charge in [0, 0.05) is 24.3 Å². The van der Waals surface area contributed by atoms with E-state index in [4.69, 9.17) is 16.3 Å². The van der Waals surface area contributed by atoms with Gasteiger partial charge in [0.25, 0.3) is 0 Å². The highest BCUT2D eigenvalue weighted by Gasteiger charge is 2.06. The smallest absolute Gasteiger partial charge is 0.249 e. The molecule has 0 amide bonds. The molecule has 0 atom stereocenters. The summed E-state index contributed by atoms with van der Waals surface area (Å²) in [6, 6.07) is 15.3. The first kappa shape index (κ1) is 19.9. The van der Waals surface area contributed by atoms with Crippen LogP contribution in [-0.4, -0.2) is 28.8 Å². The van der Waals surface area contributed by atoms with Gasteiger partial charge in [0.1, 0.15) is 12.4 Å². The Labute approximate surface area is 170 Å². The molecule has 0 saturated heterocycles. The lowest BCUT2D eigenvalue weighted by atomic mass is 10.2. The standard InChI is InChI=1S/C21H24ClN5O/c1-3-4-13-27(2)20-14-23-26-21(25-20)24-18-9-11-19(12-10-18)28-15-16-5-7-17(22)8-6-16/h5-12,14H,3-4,13,15H2,1-2H3,(H,24,25,26). The SMILES string of the molecule is CCCCN(C)c1cnnc(Nc2ccc(OCc3ccc(Cl)cc3)cc2)n1. The van der Waals surface area contributed by atoms with Crippen molar-refractivity contribution in [3.05, 3.63) is 65.3 Å². The Bertz CT molecular complexity index is 871. The van der Waals surface area contributed by atoms with Gasteiger partial charge in [-0.3, -0.25) is 0 Å². The number of anilines is 3. The van der Waals surface area contributed by atoms with Gasteiger partial charge in [-0.05, 0) is 48.4 Å². The average molecular weight is 398 g/mol. The summed E-state index contributed by atoms with van der Waals surface area (Å²) in [7, 11) is 2.01. The topological polar surface area (TPSA) is 63.2 Å². The molecule has 2 aromatic carbocycles. The summed E-state index contributed by atoms with van der Waals surface area (Å²) in [5, 5.41) is 12.0. The van der Waals surface area contributed by atoms with E-state index in [1.807, 2.05) is 55.6 Å². The van der Waals surface area contributed by atoms with E-state index in [1.54, 1.807) is 6.20 Å². The number of benzene rings is 2. The molecule has 0 unspecified atom stereocenters. The summed E-state index contributed by atoms with van der Waals surface area (Å²) in [6.07, 6.45) is 3.93. The Morgan fingerprint density at radius 2 is 1.82 bits per heavy atom. The van der Waals surface area contributed by atoms with Crippen molar-refractivity contribution in [2.75, 3.05) is 23.8 Å². The third-order valence-corrected chi connectivity index (χ3v) is 4.47. The predicted octanol–water partition coefficient (Wildman–Crippen LogP) is 5.08. The highest BCUT2D eigenvalue weighted by Crippen LogP contribution is 2.20. The number of nitrogens with one attached hydrogen (secondary N) is 1. The maximum absolute atomic E-state index is 5.90. The molecule has 6 nitrogen and oxygen atoms in total. The van der Waals surface area contributed by atoms with E-state index in [0.29, 0.717) is 12.6 Å². The van der Waals surface area contributed by atoms with Crippen LogP contribution in [0.3, 0.4) is 0 Å². The Kier molecular flexibility index (Phi) is 7.03. The van der Waals surface area contributed by atoms with Gasteiger partial charge in [-0.15, -0.1) is 5.10 Å². The summed E-state index contributed by atoms with van der Waals surface area (Å²) in [5.41, 5.74) is 1.93. The molecule has 0 aliphatic carbocycles. The van der Waals surface area contributed by atoms with E-state index in [-0.39, 0.29) is 0 Å². The minimum atomic E-state index is 0.468. The average Bonchev–Trinajstić information content (AvgIpc) is 2.73. The van der Waals surface area contributed by atoms with Crippen LogP contribution in [-0.2, 0) is 6.61 Å². The second-order valence-corrected chi connectivity index (χ2v) is 6.91. The molecule has 3 aromatic rings. The van der Waals surface area contributed by atoms with Gasteiger partial charge >= 0.3 is 0 Å². The number of nitrogens with zero attached hydrogens (tertiary/aromatic N) is 4. The second-order valence-electron chi connectivity index (χ2n) is 6.48. The Hall–Kier alpha value is -2.86. The lowest BCUT2D eigenvalue weighted by Gasteiger charge is -2.17. The van der Waals surface area contributed by atoms with Gasteiger partial charge in [0.15, 0.2) is 5.82 Å². The van der Waals surface area contributed by atoms with Crippen LogP contribution in [0.2, 0.25) is 5.02 Å². The fourth-order valence-corrected chi connectivity index (χ4v) is 2.68. The van der Waals surface area contributed by atoms with Crippen molar-refractivity contribution in [3.8, 4) is 5.75 Å². The molecular weight excluding hydrogens is 374 g/mol. The maximum Gasteiger partial charge on any atom is 0.249 e. The van der Waals surface area contributed by atoms with Crippen LogP contribution in [0.25, 0.3) is 0 Å². The molecular formula is C21H24ClN5O. The van der Waals surface area contributed by atoms with Crippen LogP contribution >= 0.6 is 11.6 Å². The Morgan fingerprint density at radius 3 is 2.54 bits per heavy atom. The van der Waals surface area contributed by atoms with Crippen molar-refractivity contribution < 1.29 is 4.74 Å². The first-order chi connectivity index (χ1) is 13.6. The molecule has 0 aliphatic heterocycles. The first-order valence-corrected chi connectivity index (χ1v) is 9.67. The minimum absolute atomic E-state index is 0.468. The highest BCUT2D eigenvalue weighted by atomic mass is 35.5. The number of rotatable bonds is 9. The van der Waals surface area contributed by atoms with Gasteiger partial charge in [-0.1, -0.05) is 37.1 Å². The Morgan fingerprint density at radius 1 is 1.07 bits per heavy atom. The minimum Gasteiger partial charge on any atom is -0.489 e. The van der Waals surface area contributed by atoms with Gasteiger partial charge < -0.3 is 15.0 Å². The van der Waals surface area contributed by atoms with Crippen LogP contribution < -0.4 is 15.0 Å². The van der Waals surface area contributed by atoms with Gasteiger partial charge in [-0.25, -0.2) is 0 Å². The van der Waals surface area contributed by atoms with E-state index in [1.165, 1.54) is 0 Å². The number of hydrogen-bond donors (Lipinski definition) is 1. The Balaban J connectivity index is 1.57. The van der Waals surface area contributed by atoms with Crippen molar-refractivity contribution in [1.29, 1.82) is 0 Å². The van der Waals surface area contributed by atoms with Crippen molar-refractivity contribution in [2.45, 2.75) is 26.4 Å². The molecule has 1 heterocycles. The normalized spacial score (nSPS) is 10.5. The van der Waals surface area contributed by atoms with Crippen LogP contribution in [0.4, 0.5) is 17.5 Å². The molecule has 0 fully saturated rings. The summed E-state index contributed by atoms with van der Waals surface area (Å²) in [6.45, 7) is 3.60. The van der Waals surface area contributed by atoms with Gasteiger partial charge in [0.2, 0.25) is 5.95 Å². The number of unbranched alkanes of at least 4 members (excludes halogenated alkanes) is 1. The number of halogens is 1. The summed E-state index contributed by atoms with van der Waals surface area (Å²) in [5.74, 6) is 2.05. The molecule has 146 valence electrons. The molecule has 0 saturated carbocycles. The third-order valence-electron chi connectivity index (χ3n) is 4.21. The van der Waals surface area contributed by atoms with Gasteiger partial charge in [-0.2, -0.15) is 10.1 Å². The van der Waals surface area contributed by atoms with Crippen molar-refractivity contribution in [2.24, 2.45) is 0 Å². The molecule has 3 rings (SSSR count). The molecule has 0 spiro atoms. The molecule has 1 aromatic heterocycles. The first-order valence-electron chi connectivity index (χ1n) is 9.29. The van der Waals surface area contributed by atoms with Crippen molar-refractivity contribution in [1.82, 2.24) is 15.2 Å². The second kappa shape index (κ2) is 9.90. The molecule has 1 N–H and O–H groups in total. The maximum atomic E-state index is 5.90. The van der Waals surface area contributed by atoms with E-state index in [9.17, 15) is 0 Å². The predicted molar refractivity (Wildman–Crippen MR) is 114 cm³/mol. The zero-order valence-electron chi connectivity index (χ0n) is 16.1. The number of ether oxygens (including phenoxy) is 1. The largest absolute Gasteiger partial charge is 0.489 e. The van der Waals surface area contributed by atoms with Crippen LogP contribution in [0.15, 0.2) is 54.7 Å². The molecule has 28 heavy (non-hydrogen) atoms. The lowest BCUT2D eigenvalue weighted by Crippen LogP contribution is -2.20. The van der Waals surface area contributed by atoms with Crippen molar-refractivity contribution in [3.63, 3.8) is 0 Å². The zero-order valence-corrected chi connectivity index (χ0v) is 16.9. The highest BCUT2D eigenvalue weighted by molar-refractivity contribution is 6.30. The van der Waals surface area contributed by atoms with Gasteiger partial charge in [0.05, 0.1) is 6.20 Å². The van der Waals surface area contributed by atoms with Crippen LogP contribution in [0.1, 0.15) is 25.3 Å². The zero-order chi connectivity index (χ0) is 19.8. The van der Waals surface area contributed by atoms with E-state index in [2.05, 4.69) is 32.3 Å². The molecule has 0 aliphatic rings. The fraction of sp³-hybridized carbons (Fsp3) is 0.286. The number of aromatic nitrogens is 3. The van der Waals surface area contributed by atoms with Crippen LogP contribution in [0.5, 0.6) is 5.75 Å². The third kappa shape index (κ3) is 5.82. The molecule has 7 heteroatoms. The summed E-state index contributed by atoms with van der Waals surface area (Å²) >= 11 is 5.90. The summed E-state index contributed by atoms with van der Waals surface area (Å²) in [4.78, 5) is 6.61.